The van der Waals surface area contributed by atoms with Crippen LogP contribution in [0.2, 0.25) is 0 Å². The number of anilines is 1. The van der Waals surface area contributed by atoms with Crippen molar-refractivity contribution >= 4 is 23.6 Å². The fourth-order valence-corrected chi connectivity index (χ4v) is 3.12. The molecular weight excluding hydrogens is 338 g/mol. The third-order valence-corrected chi connectivity index (χ3v) is 4.53. The third kappa shape index (κ3) is 3.38. The lowest BCUT2D eigenvalue weighted by Crippen LogP contribution is -2.53. The maximum Gasteiger partial charge on any atom is 0.410 e. The second-order valence-electron chi connectivity index (χ2n) is 7.85. The van der Waals surface area contributed by atoms with Crippen molar-refractivity contribution in [2.24, 2.45) is 0 Å². The summed E-state index contributed by atoms with van der Waals surface area (Å²) in [5, 5.41) is 4.35. The van der Waals surface area contributed by atoms with E-state index in [0.717, 1.165) is 5.69 Å². The second-order valence-corrected chi connectivity index (χ2v) is 7.85. The Labute approximate surface area is 152 Å². The Kier molecular flexibility index (Phi) is 4.41. The molecule has 0 saturated carbocycles. The first-order valence-electron chi connectivity index (χ1n) is 8.65. The normalized spacial score (nSPS) is 21.1. The molecule has 1 aromatic rings. The molecule has 2 aliphatic rings. The first kappa shape index (κ1) is 18.2. The molecule has 26 heavy (non-hydrogen) atoms. The van der Waals surface area contributed by atoms with E-state index in [2.05, 4.69) is 5.10 Å². The minimum absolute atomic E-state index is 0.0178. The molecule has 9 nitrogen and oxygen atoms in total. The van der Waals surface area contributed by atoms with Crippen LogP contribution in [-0.4, -0.2) is 69.3 Å². The Morgan fingerprint density at radius 1 is 1.19 bits per heavy atom. The van der Waals surface area contributed by atoms with Gasteiger partial charge in [0.2, 0.25) is 11.8 Å². The SMILES string of the molecule is CC1Cn2ncc(N3CC(=O)N(C)CC3=O)c2CN1C(=O)OC(C)(C)C. The lowest BCUT2D eigenvalue weighted by atomic mass is 10.1. The Hall–Kier alpha value is -2.58. The van der Waals surface area contributed by atoms with Gasteiger partial charge in [0.25, 0.3) is 0 Å². The number of fused-ring (bicyclic) bond motifs is 1. The minimum Gasteiger partial charge on any atom is -0.444 e. The summed E-state index contributed by atoms with van der Waals surface area (Å²) in [6.07, 6.45) is 1.20. The highest BCUT2D eigenvalue weighted by Gasteiger charge is 2.36. The first-order chi connectivity index (χ1) is 12.1. The van der Waals surface area contributed by atoms with Crippen molar-refractivity contribution in [3.8, 4) is 0 Å². The zero-order valence-electron chi connectivity index (χ0n) is 15.9. The van der Waals surface area contributed by atoms with Crippen molar-refractivity contribution in [1.29, 1.82) is 0 Å². The van der Waals surface area contributed by atoms with Gasteiger partial charge in [-0.25, -0.2) is 4.79 Å². The van der Waals surface area contributed by atoms with Crippen molar-refractivity contribution in [1.82, 2.24) is 19.6 Å². The van der Waals surface area contributed by atoms with E-state index in [0.29, 0.717) is 12.2 Å². The summed E-state index contributed by atoms with van der Waals surface area (Å²) < 4.78 is 7.28. The summed E-state index contributed by atoms with van der Waals surface area (Å²) in [4.78, 5) is 41.4. The number of carbonyl (C=O) groups excluding carboxylic acids is 3. The number of likely N-dealkylation sites (N-methyl/N-ethyl adjacent to an activating group) is 1. The lowest BCUT2D eigenvalue weighted by Gasteiger charge is -2.37. The van der Waals surface area contributed by atoms with E-state index in [1.54, 1.807) is 22.8 Å². The van der Waals surface area contributed by atoms with Crippen LogP contribution in [0.1, 0.15) is 33.4 Å². The summed E-state index contributed by atoms with van der Waals surface area (Å²) >= 11 is 0. The highest BCUT2D eigenvalue weighted by atomic mass is 16.6. The van der Waals surface area contributed by atoms with Gasteiger partial charge in [0.1, 0.15) is 12.1 Å². The number of amides is 3. The molecule has 0 aromatic carbocycles. The maximum absolute atomic E-state index is 12.5. The Balaban J connectivity index is 1.86. The van der Waals surface area contributed by atoms with Crippen molar-refractivity contribution in [3.63, 3.8) is 0 Å². The monoisotopic (exact) mass is 363 g/mol. The van der Waals surface area contributed by atoms with Crippen LogP contribution in [0.4, 0.5) is 10.5 Å². The predicted molar refractivity (Wildman–Crippen MR) is 93.5 cm³/mol. The molecule has 0 N–H and O–H groups in total. The number of hydrogen-bond acceptors (Lipinski definition) is 5. The van der Waals surface area contributed by atoms with Gasteiger partial charge < -0.3 is 9.64 Å². The first-order valence-corrected chi connectivity index (χ1v) is 8.65. The smallest absolute Gasteiger partial charge is 0.410 e. The second kappa shape index (κ2) is 6.30. The number of aromatic nitrogens is 2. The molecule has 142 valence electrons. The average Bonchev–Trinajstić information content (AvgIpc) is 2.90. The third-order valence-electron chi connectivity index (χ3n) is 4.53. The van der Waals surface area contributed by atoms with E-state index in [4.69, 9.17) is 4.74 Å². The highest BCUT2D eigenvalue weighted by molar-refractivity contribution is 6.04. The van der Waals surface area contributed by atoms with E-state index in [1.165, 1.54) is 9.80 Å². The molecule has 0 bridgehead atoms. The molecular formula is C17H25N5O4. The summed E-state index contributed by atoms with van der Waals surface area (Å²) in [6, 6.07) is -0.0880. The van der Waals surface area contributed by atoms with Crippen molar-refractivity contribution < 1.29 is 19.1 Å². The fraction of sp³-hybridized carbons (Fsp3) is 0.647. The van der Waals surface area contributed by atoms with E-state index >= 15 is 0 Å². The number of piperazine rings is 1. The molecule has 0 radical (unpaired) electrons. The summed E-state index contributed by atoms with van der Waals surface area (Å²) in [5.41, 5.74) is 0.730. The zero-order chi connectivity index (χ0) is 19.2. The molecule has 3 amide bonds. The van der Waals surface area contributed by atoms with Crippen LogP contribution < -0.4 is 4.90 Å². The number of ether oxygens (including phenoxy) is 1. The standard InChI is InChI=1S/C17H25N5O4/c1-11-7-22-13(8-20(11)16(25)26-17(2,3)4)12(6-18-22)21-10-14(23)19(5)9-15(21)24/h6,11H,7-10H2,1-5H3. The quantitative estimate of drug-likeness (QED) is 0.737. The topological polar surface area (TPSA) is 88.0 Å². The Bertz CT molecular complexity index is 751. The van der Waals surface area contributed by atoms with Crippen LogP contribution in [0.5, 0.6) is 0 Å². The molecule has 1 saturated heterocycles. The summed E-state index contributed by atoms with van der Waals surface area (Å²) in [5.74, 6) is -0.289. The minimum atomic E-state index is -0.586. The number of hydrogen-bond donors (Lipinski definition) is 0. The van der Waals surface area contributed by atoms with Crippen LogP contribution >= 0.6 is 0 Å². The van der Waals surface area contributed by atoms with Gasteiger partial charge in [-0.1, -0.05) is 0 Å². The molecule has 1 unspecified atom stereocenters. The van der Waals surface area contributed by atoms with E-state index in [9.17, 15) is 14.4 Å². The van der Waals surface area contributed by atoms with Gasteiger partial charge in [0.05, 0.1) is 43.3 Å². The molecule has 0 aliphatic carbocycles. The molecule has 1 fully saturated rings. The molecule has 3 heterocycles. The molecule has 1 atom stereocenters. The summed E-state index contributed by atoms with van der Waals surface area (Å²) in [7, 11) is 1.61. The molecule has 9 heteroatoms. The lowest BCUT2D eigenvalue weighted by molar-refractivity contribution is -0.136. The van der Waals surface area contributed by atoms with Gasteiger partial charge in [0.15, 0.2) is 0 Å². The average molecular weight is 363 g/mol. The largest absolute Gasteiger partial charge is 0.444 e. The molecule has 3 rings (SSSR count). The van der Waals surface area contributed by atoms with Gasteiger partial charge >= 0.3 is 6.09 Å². The maximum atomic E-state index is 12.5. The van der Waals surface area contributed by atoms with Crippen molar-refractivity contribution in [3.05, 3.63) is 11.9 Å². The van der Waals surface area contributed by atoms with Crippen LogP contribution in [0, 0.1) is 0 Å². The molecule has 2 aliphatic heterocycles. The van der Waals surface area contributed by atoms with E-state index in [1.807, 2.05) is 27.7 Å². The van der Waals surface area contributed by atoms with Crippen molar-refractivity contribution in [2.75, 3.05) is 25.0 Å². The van der Waals surface area contributed by atoms with Crippen LogP contribution in [0.3, 0.4) is 0 Å². The van der Waals surface area contributed by atoms with E-state index < -0.39 is 11.7 Å². The van der Waals surface area contributed by atoms with Crippen molar-refractivity contribution in [2.45, 2.75) is 52.4 Å². The van der Waals surface area contributed by atoms with Crippen LogP contribution in [0.15, 0.2) is 6.20 Å². The van der Waals surface area contributed by atoms with Gasteiger partial charge in [0, 0.05) is 7.05 Å². The number of rotatable bonds is 1. The predicted octanol–water partition coefficient (Wildman–Crippen LogP) is 0.827. The van der Waals surface area contributed by atoms with Crippen LogP contribution in [-0.2, 0) is 27.4 Å². The van der Waals surface area contributed by atoms with Gasteiger partial charge in [-0.3, -0.25) is 24.1 Å². The van der Waals surface area contributed by atoms with Gasteiger partial charge in [-0.2, -0.15) is 5.10 Å². The Morgan fingerprint density at radius 2 is 1.88 bits per heavy atom. The fourth-order valence-electron chi connectivity index (χ4n) is 3.12. The van der Waals surface area contributed by atoms with Gasteiger partial charge in [-0.15, -0.1) is 0 Å². The highest BCUT2D eigenvalue weighted by Crippen LogP contribution is 2.29. The van der Waals surface area contributed by atoms with E-state index in [-0.39, 0.29) is 37.5 Å². The van der Waals surface area contributed by atoms with Crippen LogP contribution in [0.25, 0.3) is 0 Å². The number of carbonyl (C=O) groups is 3. The number of nitrogens with zero attached hydrogens (tertiary/aromatic N) is 5. The Morgan fingerprint density at radius 3 is 2.54 bits per heavy atom. The van der Waals surface area contributed by atoms with Gasteiger partial charge in [-0.05, 0) is 27.7 Å². The summed E-state index contributed by atoms with van der Waals surface area (Å²) in [6.45, 7) is 8.20. The molecule has 0 spiro atoms. The zero-order valence-corrected chi connectivity index (χ0v) is 15.9. The molecule has 1 aromatic heterocycles.